The van der Waals surface area contributed by atoms with E-state index in [1.807, 2.05) is 50.1 Å². The van der Waals surface area contributed by atoms with Crippen LogP contribution in [0.5, 0.6) is 5.75 Å². The lowest BCUT2D eigenvalue weighted by Crippen LogP contribution is -2.44. The van der Waals surface area contributed by atoms with Crippen LogP contribution >= 0.6 is 0 Å². The van der Waals surface area contributed by atoms with Crippen molar-refractivity contribution in [1.29, 1.82) is 0 Å². The van der Waals surface area contributed by atoms with E-state index in [0.717, 1.165) is 18.5 Å². The van der Waals surface area contributed by atoms with Crippen LogP contribution in [-0.2, 0) is 11.2 Å². The van der Waals surface area contributed by atoms with Crippen molar-refractivity contribution in [2.24, 2.45) is 5.41 Å². The molecule has 2 N–H and O–H groups in total. The van der Waals surface area contributed by atoms with E-state index in [1.54, 1.807) is 18.2 Å². The lowest BCUT2D eigenvalue weighted by atomic mass is 9.91. The minimum atomic E-state index is -0.521. The first kappa shape index (κ1) is 18.8. The molecule has 0 bridgehead atoms. The maximum Gasteiger partial charge on any atom is 0.227 e. The van der Waals surface area contributed by atoms with Gasteiger partial charge < -0.3 is 15.3 Å². The number of phenols is 1. The Morgan fingerprint density at radius 3 is 2.52 bits per heavy atom. The van der Waals surface area contributed by atoms with Crippen LogP contribution in [-0.4, -0.2) is 31.2 Å². The summed E-state index contributed by atoms with van der Waals surface area (Å²) in [5.74, 6) is 0.278. The topological polar surface area (TPSA) is 52.6 Å². The Morgan fingerprint density at radius 2 is 1.84 bits per heavy atom. The Balaban J connectivity index is 1.80. The third kappa shape index (κ3) is 5.82. The lowest BCUT2D eigenvalue weighted by Gasteiger charge is -2.30. The molecule has 2 aromatic carbocycles. The highest BCUT2D eigenvalue weighted by Crippen LogP contribution is 2.24. The zero-order valence-corrected chi connectivity index (χ0v) is 15.3. The molecule has 0 heterocycles. The molecule has 0 aliphatic heterocycles. The van der Waals surface area contributed by atoms with Gasteiger partial charge in [-0.05, 0) is 44.4 Å². The maximum atomic E-state index is 12.5. The average Bonchev–Trinajstić information content (AvgIpc) is 2.59. The maximum absolute atomic E-state index is 12.5. The Labute approximate surface area is 150 Å². The van der Waals surface area contributed by atoms with Crippen molar-refractivity contribution in [2.45, 2.75) is 26.7 Å². The molecule has 0 fully saturated rings. The number of hydrogen-bond acceptors (Lipinski definition) is 3. The van der Waals surface area contributed by atoms with E-state index in [4.69, 9.17) is 0 Å². The van der Waals surface area contributed by atoms with Crippen LogP contribution in [0.3, 0.4) is 0 Å². The van der Waals surface area contributed by atoms with Crippen LogP contribution in [0.1, 0.15) is 25.8 Å². The minimum absolute atomic E-state index is 0.0487. The fraction of sp³-hybridized carbons (Fsp3) is 0.381. The molecule has 134 valence electrons. The van der Waals surface area contributed by atoms with Crippen LogP contribution in [0.15, 0.2) is 54.6 Å². The number of anilines is 1. The van der Waals surface area contributed by atoms with Gasteiger partial charge in [-0.25, -0.2) is 0 Å². The van der Waals surface area contributed by atoms with Crippen molar-refractivity contribution in [3.05, 3.63) is 60.2 Å². The number of benzene rings is 2. The van der Waals surface area contributed by atoms with Crippen LogP contribution in [0.25, 0.3) is 0 Å². The van der Waals surface area contributed by atoms with Crippen LogP contribution in [0.2, 0.25) is 0 Å². The minimum Gasteiger partial charge on any atom is -0.508 e. The molecule has 0 atom stereocenters. The molecule has 2 rings (SSSR count). The summed E-state index contributed by atoms with van der Waals surface area (Å²) in [7, 11) is 1.93. The summed E-state index contributed by atoms with van der Waals surface area (Å²) in [6, 6.07) is 17.4. The molecule has 0 aliphatic carbocycles. The summed E-state index contributed by atoms with van der Waals surface area (Å²) in [6.07, 6.45) is 1.89. The fourth-order valence-electron chi connectivity index (χ4n) is 2.86. The van der Waals surface area contributed by atoms with E-state index in [0.29, 0.717) is 13.1 Å². The number of aromatic hydroxyl groups is 1. The fourth-order valence-corrected chi connectivity index (χ4v) is 2.86. The second kappa shape index (κ2) is 8.56. The summed E-state index contributed by atoms with van der Waals surface area (Å²) < 4.78 is 0. The zero-order valence-electron chi connectivity index (χ0n) is 15.3. The molecule has 0 saturated heterocycles. The number of rotatable bonds is 8. The molecule has 25 heavy (non-hydrogen) atoms. The molecule has 2 aromatic rings. The number of nitrogens with zero attached hydrogens (tertiary/aromatic N) is 1. The van der Waals surface area contributed by atoms with Gasteiger partial charge in [0, 0.05) is 31.9 Å². The Morgan fingerprint density at radius 1 is 1.12 bits per heavy atom. The summed E-state index contributed by atoms with van der Waals surface area (Å²) >= 11 is 0. The number of aryl methyl sites for hydroxylation is 1. The second-order valence-electron chi connectivity index (χ2n) is 7.10. The summed E-state index contributed by atoms with van der Waals surface area (Å²) in [5, 5.41) is 12.6. The second-order valence-corrected chi connectivity index (χ2v) is 7.10. The van der Waals surface area contributed by atoms with E-state index in [9.17, 15) is 9.90 Å². The smallest absolute Gasteiger partial charge is 0.227 e. The monoisotopic (exact) mass is 340 g/mol. The largest absolute Gasteiger partial charge is 0.508 e. The van der Waals surface area contributed by atoms with Gasteiger partial charge in [0.1, 0.15) is 5.75 Å². The molecule has 0 aliphatic rings. The molecular formula is C21H28N2O2. The quantitative estimate of drug-likeness (QED) is 0.722. The molecule has 0 saturated carbocycles. The highest BCUT2D eigenvalue weighted by Gasteiger charge is 2.29. The van der Waals surface area contributed by atoms with E-state index in [1.165, 1.54) is 5.56 Å². The predicted octanol–water partition coefficient (Wildman–Crippen LogP) is 3.60. The number of phenolic OH excluding ortho intramolecular Hbond substituents is 1. The molecule has 0 aromatic heterocycles. The summed E-state index contributed by atoms with van der Waals surface area (Å²) in [6.45, 7) is 5.13. The van der Waals surface area contributed by atoms with Crippen molar-refractivity contribution in [2.75, 3.05) is 25.0 Å². The van der Waals surface area contributed by atoms with Gasteiger partial charge in [0.05, 0.1) is 5.41 Å². The first-order valence-electron chi connectivity index (χ1n) is 8.71. The Bertz CT molecular complexity index is 683. The predicted molar refractivity (Wildman–Crippen MR) is 103 cm³/mol. The van der Waals surface area contributed by atoms with Crippen molar-refractivity contribution >= 4 is 11.6 Å². The van der Waals surface area contributed by atoms with Gasteiger partial charge in [0.2, 0.25) is 5.91 Å². The van der Waals surface area contributed by atoms with Crippen LogP contribution in [0.4, 0.5) is 5.69 Å². The van der Waals surface area contributed by atoms with Gasteiger partial charge in [0.25, 0.3) is 0 Å². The number of nitrogens with one attached hydrogen (secondary N) is 1. The van der Waals surface area contributed by atoms with Crippen molar-refractivity contribution in [3.8, 4) is 5.75 Å². The van der Waals surface area contributed by atoms with Crippen LogP contribution in [0, 0.1) is 5.41 Å². The van der Waals surface area contributed by atoms with E-state index < -0.39 is 5.41 Å². The normalized spacial score (nSPS) is 11.2. The van der Waals surface area contributed by atoms with Crippen LogP contribution < -0.4 is 10.2 Å². The lowest BCUT2D eigenvalue weighted by molar-refractivity contribution is -0.128. The molecule has 0 spiro atoms. The molecule has 0 radical (unpaired) electrons. The van der Waals surface area contributed by atoms with E-state index in [2.05, 4.69) is 17.4 Å². The number of hydrogen-bond donors (Lipinski definition) is 2. The molecule has 1 amide bonds. The molecule has 0 unspecified atom stereocenters. The average molecular weight is 340 g/mol. The highest BCUT2D eigenvalue weighted by atomic mass is 16.3. The van der Waals surface area contributed by atoms with Crippen molar-refractivity contribution in [1.82, 2.24) is 5.32 Å². The number of carbonyl (C=O) groups excluding carboxylic acids is 1. The molecular weight excluding hydrogens is 312 g/mol. The SMILES string of the molecule is CN(CC(C)(C)C(=O)NCCCc1ccccc1)c1cccc(O)c1. The first-order valence-corrected chi connectivity index (χ1v) is 8.71. The van der Waals surface area contributed by atoms with E-state index in [-0.39, 0.29) is 11.7 Å². The van der Waals surface area contributed by atoms with Gasteiger partial charge in [-0.1, -0.05) is 36.4 Å². The number of carbonyl (C=O) groups is 1. The standard InChI is InChI=1S/C21H28N2O2/c1-21(2,16-23(3)18-12-7-13-19(24)15-18)20(25)22-14-8-11-17-9-5-4-6-10-17/h4-7,9-10,12-13,15,24H,8,11,14,16H2,1-3H3,(H,22,25). The molecule has 4 nitrogen and oxygen atoms in total. The Kier molecular flexibility index (Phi) is 6.45. The highest BCUT2D eigenvalue weighted by molar-refractivity contribution is 5.82. The van der Waals surface area contributed by atoms with Gasteiger partial charge in [0.15, 0.2) is 0 Å². The van der Waals surface area contributed by atoms with Gasteiger partial charge in [-0.3, -0.25) is 4.79 Å². The van der Waals surface area contributed by atoms with E-state index >= 15 is 0 Å². The zero-order chi connectivity index (χ0) is 18.3. The summed E-state index contributed by atoms with van der Waals surface area (Å²) in [4.78, 5) is 14.5. The third-order valence-electron chi connectivity index (χ3n) is 4.29. The van der Waals surface area contributed by atoms with Gasteiger partial charge in [-0.2, -0.15) is 0 Å². The van der Waals surface area contributed by atoms with Crippen molar-refractivity contribution in [3.63, 3.8) is 0 Å². The van der Waals surface area contributed by atoms with Crippen molar-refractivity contribution < 1.29 is 9.90 Å². The Hall–Kier alpha value is -2.49. The number of amides is 1. The molecule has 4 heteroatoms. The summed E-state index contributed by atoms with van der Waals surface area (Å²) in [5.41, 5.74) is 1.66. The third-order valence-corrected chi connectivity index (χ3v) is 4.29. The van der Waals surface area contributed by atoms with Gasteiger partial charge >= 0.3 is 0 Å². The first-order chi connectivity index (χ1) is 11.9. The van der Waals surface area contributed by atoms with Gasteiger partial charge in [-0.15, -0.1) is 0 Å².